The molecule has 2 fully saturated rings. The highest BCUT2D eigenvalue weighted by Gasteiger charge is 2.38. The molecule has 25 heavy (non-hydrogen) atoms. The maximum absolute atomic E-state index is 14.6. The van der Waals surface area contributed by atoms with Gasteiger partial charge in [0.05, 0.1) is 10.6 Å². The lowest BCUT2D eigenvalue weighted by atomic mass is 9.76. The maximum Gasteiger partial charge on any atom is 0.416 e. The lowest BCUT2D eigenvalue weighted by Crippen LogP contribution is -2.48. The highest BCUT2D eigenvalue weighted by molar-refractivity contribution is 6.30. The molecule has 3 rings (SSSR count). The van der Waals surface area contributed by atoms with Crippen molar-refractivity contribution in [3.63, 3.8) is 0 Å². The lowest BCUT2D eigenvalue weighted by Gasteiger charge is -2.43. The van der Waals surface area contributed by atoms with Crippen LogP contribution < -0.4 is 5.32 Å². The standard InChI is InChI=1S/C16H19ClF4N2.2ClH/c17-13-9-11(16(19,20)21)8-12(14(13)18)15(10-2-1-3-10)23-6-4-22-5-7-23;;/h8-10,15,22H,1-7H2;2*1H/t15-;;/m1../s1. The second kappa shape index (κ2) is 9.09. The Bertz CT molecular complexity index is 573. The van der Waals surface area contributed by atoms with Crippen molar-refractivity contribution in [2.75, 3.05) is 26.2 Å². The molecule has 0 aromatic heterocycles. The number of benzene rings is 1. The minimum Gasteiger partial charge on any atom is -0.314 e. The van der Waals surface area contributed by atoms with Gasteiger partial charge in [0.2, 0.25) is 0 Å². The molecule has 0 bridgehead atoms. The van der Waals surface area contributed by atoms with E-state index in [0.29, 0.717) is 19.2 Å². The second-order valence-electron chi connectivity index (χ2n) is 6.28. The molecule has 9 heteroatoms. The molecular formula is C16H21Cl3F4N2. The zero-order valence-corrected chi connectivity index (χ0v) is 15.8. The van der Waals surface area contributed by atoms with Gasteiger partial charge in [-0.25, -0.2) is 4.39 Å². The highest BCUT2D eigenvalue weighted by Crippen LogP contribution is 2.44. The van der Waals surface area contributed by atoms with E-state index in [2.05, 4.69) is 10.2 Å². The molecule has 0 amide bonds. The van der Waals surface area contributed by atoms with Crippen LogP contribution in [0.3, 0.4) is 0 Å². The van der Waals surface area contributed by atoms with E-state index in [-0.39, 0.29) is 42.3 Å². The Kier molecular flexibility index (Phi) is 8.28. The smallest absolute Gasteiger partial charge is 0.314 e. The first kappa shape index (κ1) is 22.8. The van der Waals surface area contributed by atoms with Crippen LogP contribution in [0.15, 0.2) is 12.1 Å². The minimum atomic E-state index is -4.53. The third-order valence-corrected chi connectivity index (χ3v) is 5.12. The summed E-state index contributed by atoms with van der Waals surface area (Å²) < 4.78 is 53.8. The fraction of sp³-hybridized carbons (Fsp3) is 0.625. The quantitative estimate of drug-likeness (QED) is 0.682. The van der Waals surface area contributed by atoms with Gasteiger partial charge in [-0.1, -0.05) is 18.0 Å². The molecule has 0 unspecified atom stereocenters. The van der Waals surface area contributed by atoms with Crippen LogP contribution in [-0.2, 0) is 6.18 Å². The van der Waals surface area contributed by atoms with Gasteiger partial charge in [0.1, 0.15) is 5.82 Å². The van der Waals surface area contributed by atoms with Crippen molar-refractivity contribution in [2.24, 2.45) is 5.92 Å². The Morgan fingerprint density at radius 1 is 1.12 bits per heavy atom. The van der Waals surface area contributed by atoms with Crippen molar-refractivity contribution in [2.45, 2.75) is 31.5 Å². The topological polar surface area (TPSA) is 15.3 Å². The van der Waals surface area contributed by atoms with Crippen LogP contribution in [0, 0.1) is 11.7 Å². The third kappa shape index (κ3) is 4.92. The van der Waals surface area contributed by atoms with Crippen LogP contribution in [0.2, 0.25) is 5.02 Å². The van der Waals surface area contributed by atoms with E-state index in [9.17, 15) is 17.6 Å². The van der Waals surface area contributed by atoms with Gasteiger partial charge in [0, 0.05) is 37.8 Å². The molecular weight excluding hydrogens is 403 g/mol. The number of halogens is 7. The summed E-state index contributed by atoms with van der Waals surface area (Å²) >= 11 is 5.77. The summed E-state index contributed by atoms with van der Waals surface area (Å²) in [7, 11) is 0. The number of hydrogen-bond donors (Lipinski definition) is 1. The molecule has 1 saturated heterocycles. The molecule has 0 radical (unpaired) electrons. The van der Waals surface area contributed by atoms with E-state index in [1.807, 2.05) is 0 Å². The molecule has 1 aliphatic heterocycles. The largest absolute Gasteiger partial charge is 0.416 e. The molecule has 0 spiro atoms. The van der Waals surface area contributed by atoms with Gasteiger partial charge < -0.3 is 5.32 Å². The van der Waals surface area contributed by atoms with Gasteiger partial charge in [-0.15, -0.1) is 24.8 Å². The molecule has 1 aromatic rings. The summed E-state index contributed by atoms with van der Waals surface area (Å²) in [5.74, 6) is -0.516. The molecule has 2 nitrogen and oxygen atoms in total. The Hall–Kier alpha value is -0.270. The van der Waals surface area contributed by atoms with Crippen LogP contribution in [0.4, 0.5) is 17.6 Å². The van der Waals surface area contributed by atoms with E-state index < -0.39 is 22.6 Å². The van der Waals surface area contributed by atoms with Gasteiger partial charge >= 0.3 is 6.18 Å². The first-order valence-electron chi connectivity index (χ1n) is 7.89. The average molecular weight is 424 g/mol. The van der Waals surface area contributed by atoms with Crippen molar-refractivity contribution >= 4 is 36.4 Å². The fourth-order valence-corrected chi connectivity index (χ4v) is 3.68. The summed E-state index contributed by atoms with van der Waals surface area (Å²) in [6.45, 7) is 2.93. The number of nitrogens with one attached hydrogen (secondary N) is 1. The third-order valence-electron chi connectivity index (χ3n) is 4.84. The van der Waals surface area contributed by atoms with Crippen molar-refractivity contribution in [3.8, 4) is 0 Å². The normalized spacial score (nSPS) is 20.2. The number of nitrogens with zero attached hydrogens (tertiary/aromatic N) is 1. The zero-order chi connectivity index (χ0) is 16.6. The second-order valence-corrected chi connectivity index (χ2v) is 6.69. The fourth-order valence-electron chi connectivity index (χ4n) is 3.45. The highest BCUT2D eigenvalue weighted by atomic mass is 35.5. The summed E-state index contributed by atoms with van der Waals surface area (Å²) in [6.07, 6.45) is -1.65. The molecule has 1 aliphatic carbocycles. The minimum absolute atomic E-state index is 0. The predicted octanol–water partition coefficient (Wildman–Crippen LogP) is 5.09. The van der Waals surface area contributed by atoms with Crippen molar-refractivity contribution in [1.82, 2.24) is 10.2 Å². The summed E-state index contributed by atoms with van der Waals surface area (Å²) in [5, 5.41) is 2.77. The summed E-state index contributed by atoms with van der Waals surface area (Å²) in [4.78, 5) is 2.09. The SMILES string of the molecule is Cl.Cl.Fc1c(Cl)cc(C(F)(F)F)cc1[C@@H](C1CCC1)N1CCNCC1. The lowest BCUT2D eigenvalue weighted by molar-refractivity contribution is -0.137. The Balaban J connectivity index is 0.00000156. The molecule has 144 valence electrons. The van der Waals surface area contributed by atoms with Crippen LogP contribution in [0.5, 0.6) is 0 Å². The van der Waals surface area contributed by atoms with Gasteiger partial charge in [-0.2, -0.15) is 13.2 Å². The molecule has 1 saturated carbocycles. The Morgan fingerprint density at radius 3 is 2.20 bits per heavy atom. The maximum atomic E-state index is 14.6. The number of rotatable bonds is 3. The average Bonchev–Trinajstić information content (AvgIpc) is 2.45. The van der Waals surface area contributed by atoms with E-state index >= 15 is 0 Å². The van der Waals surface area contributed by atoms with Gasteiger partial charge in [-0.3, -0.25) is 4.90 Å². The van der Waals surface area contributed by atoms with Crippen molar-refractivity contribution < 1.29 is 17.6 Å². The van der Waals surface area contributed by atoms with E-state index in [4.69, 9.17) is 11.6 Å². The van der Waals surface area contributed by atoms with Crippen LogP contribution in [0.25, 0.3) is 0 Å². The summed E-state index contributed by atoms with van der Waals surface area (Å²) in [6, 6.07) is 1.30. The zero-order valence-electron chi connectivity index (χ0n) is 13.4. The monoisotopic (exact) mass is 422 g/mol. The van der Waals surface area contributed by atoms with Crippen molar-refractivity contribution in [3.05, 3.63) is 34.1 Å². The molecule has 1 heterocycles. The van der Waals surface area contributed by atoms with E-state index in [1.165, 1.54) is 0 Å². The Labute approximate surface area is 162 Å². The first-order valence-corrected chi connectivity index (χ1v) is 8.26. The number of alkyl halides is 3. The molecule has 1 N–H and O–H groups in total. The van der Waals surface area contributed by atoms with E-state index in [1.54, 1.807) is 0 Å². The van der Waals surface area contributed by atoms with Gasteiger partial charge in [0.25, 0.3) is 0 Å². The molecule has 2 aliphatic rings. The Morgan fingerprint density at radius 2 is 1.72 bits per heavy atom. The van der Waals surface area contributed by atoms with Gasteiger partial charge in [-0.05, 0) is 30.9 Å². The summed E-state index contributed by atoms with van der Waals surface area (Å²) in [5.41, 5.74) is -0.783. The van der Waals surface area contributed by atoms with E-state index in [0.717, 1.165) is 38.4 Å². The van der Waals surface area contributed by atoms with Crippen LogP contribution in [-0.4, -0.2) is 31.1 Å². The molecule has 1 atom stereocenters. The number of piperazine rings is 1. The number of hydrogen-bond acceptors (Lipinski definition) is 2. The van der Waals surface area contributed by atoms with Crippen LogP contribution >= 0.6 is 36.4 Å². The predicted molar refractivity (Wildman–Crippen MR) is 95.4 cm³/mol. The molecule has 1 aromatic carbocycles. The van der Waals surface area contributed by atoms with Crippen molar-refractivity contribution in [1.29, 1.82) is 0 Å². The van der Waals surface area contributed by atoms with Crippen LogP contribution in [0.1, 0.15) is 36.4 Å². The first-order chi connectivity index (χ1) is 10.9. The van der Waals surface area contributed by atoms with Gasteiger partial charge in [0.15, 0.2) is 0 Å².